The van der Waals surface area contributed by atoms with Crippen molar-refractivity contribution < 1.29 is 14.7 Å². The Morgan fingerprint density at radius 1 is 0.929 bits per heavy atom. The third-order valence-corrected chi connectivity index (χ3v) is 4.37. The summed E-state index contributed by atoms with van der Waals surface area (Å²) in [6.07, 6.45) is -1.28. The number of para-hydroxylation sites is 1. The zero-order chi connectivity index (χ0) is 19.9. The van der Waals surface area contributed by atoms with Gasteiger partial charge in [0.1, 0.15) is 0 Å². The molecule has 0 spiro atoms. The van der Waals surface area contributed by atoms with E-state index in [9.17, 15) is 14.7 Å². The summed E-state index contributed by atoms with van der Waals surface area (Å²) in [6, 6.07) is 24.8. The Hall–Kier alpha value is -3.44. The second kappa shape index (κ2) is 8.97. The first-order valence-corrected chi connectivity index (χ1v) is 9.11. The molecule has 0 saturated carbocycles. The summed E-state index contributed by atoms with van der Waals surface area (Å²) in [5, 5.41) is 12.9. The first kappa shape index (κ1) is 19.3. The van der Waals surface area contributed by atoms with Gasteiger partial charge in [-0.25, -0.2) is 0 Å². The van der Waals surface area contributed by atoms with E-state index >= 15 is 0 Å². The quantitative estimate of drug-likeness (QED) is 0.684. The van der Waals surface area contributed by atoms with Crippen LogP contribution in [0.1, 0.15) is 28.9 Å². The summed E-state index contributed by atoms with van der Waals surface area (Å²) < 4.78 is 0. The van der Waals surface area contributed by atoms with Gasteiger partial charge in [0.05, 0.1) is 0 Å². The number of benzene rings is 3. The lowest BCUT2D eigenvalue weighted by molar-refractivity contribution is -0.124. The van der Waals surface area contributed by atoms with Crippen molar-refractivity contribution in [3.8, 4) is 0 Å². The van der Waals surface area contributed by atoms with E-state index in [1.165, 1.54) is 0 Å². The van der Waals surface area contributed by atoms with E-state index in [0.29, 0.717) is 23.4 Å². The summed E-state index contributed by atoms with van der Waals surface area (Å²) >= 11 is 0. The Kier molecular flexibility index (Phi) is 6.19. The van der Waals surface area contributed by atoms with E-state index in [1.807, 2.05) is 43.3 Å². The van der Waals surface area contributed by atoms with Crippen molar-refractivity contribution in [1.82, 2.24) is 0 Å². The lowest BCUT2D eigenvalue weighted by atomic mass is 10.1. The zero-order valence-electron chi connectivity index (χ0n) is 15.6. The predicted octanol–water partition coefficient (Wildman–Crippen LogP) is 4.03. The van der Waals surface area contributed by atoms with Crippen molar-refractivity contribution in [3.63, 3.8) is 0 Å². The van der Waals surface area contributed by atoms with E-state index in [2.05, 4.69) is 5.32 Å². The van der Waals surface area contributed by atoms with Crippen LogP contribution in [0.5, 0.6) is 0 Å². The maximum atomic E-state index is 12.9. The van der Waals surface area contributed by atoms with Gasteiger partial charge in [-0.3, -0.25) is 9.59 Å². The number of nitrogens with zero attached hydrogens (tertiary/aromatic N) is 1. The largest absolute Gasteiger partial charge is 0.378 e. The van der Waals surface area contributed by atoms with Gasteiger partial charge >= 0.3 is 0 Å². The number of amides is 2. The number of aliphatic hydroxyl groups excluding tert-OH is 1. The lowest BCUT2D eigenvalue weighted by Crippen LogP contribution is -2.30. The van der Waals surface area contributed by atoms with Gasteiger partial charge in [0, 0.05) is 23.5 Å². The van der Waals surface area contributed by atoms with E-state index in [1.54, 1.807) is 53.4 Å². The summed E-state index contributed by atoms with van der Waals surface area (Å²) in [6.45, 7) is 2.43. The van der Waals surface area contributed by atoms with E-state index in [-0.39, 0.29) is 5.91 Å². The molecule has 142 valence electrons. The molecule has 3 rings (SSSR count). The van der Waals surface area contributed by atoms with Crippen LogP contribution in [0.2, 0.25) is 0 Å². The fourth-order valence-electron chi connectivity index (χ4n) is 2.93. The molecule has 1 atom stereocenters. The Morgan fingerprint density at radius 2 is 1.57 bits per heavy atom. The minimum Gasteiger partial charge on any atom is -0.378 e. The maximum Gasteiger partial charge on any atom is 0.258 e. The lowest BCUT2D eigenvalue weighted by Gasteiger charge is -2.21. The number of anilines is 2. The normalized spacial score (nSPS) is 11.5. The molecule has 0 heterocycles. The van der Waals surface area contributed by atoms with Crippen molar-refractivity contribution in [3.05, 3.63) is 96.1 Å². The summed E-state index contributed by atoms with van der Waals surface area (Å²) in [5.74, 6) is -0.709. The molecule has 3 aromatic carbocycles. The standard InChI is InChI=1S/C23H22N2O3/c1-2-25(20-14-7-4-8-15-20)23(28)18-12-9-13-19(16-18)24-22(27)21(26)17-10-5-3-6-11-17/h3-16,21,26H,2H2,1H3,(H,24,27)/t21-/m1/s1. The SMILES string of the molecule is CCN(C(=O)c1cccc(NC(=O)[C@H](O)c2ccccc2)c1)c1ccccc1. The van der Waals surface area contributed by atoms with Crippen molar-refractivity contribution in [1.29, 1.82) is 0 Å². The molecule has 0 fully saturated rings. The van der Waals surface area contributed by atoms with Crippen LogP contribution in [0.15, 0.2) is 84.9 Å². The molecule has 2 amide bonds. The molecule has 0 radical (unpaired) electrons. The van der Waals surface area contributed by atoms with Crippen LogP contribution in [0, 0.1) is 0 Å². The van der Waals surface area contributed by atoms with Crippen molar-refractivity contribution >= 4 is 23.2 Å². The Labute approximate surface area is 164 Å². The third-order valence-electron chi connectivity index (χ3n) is 4.37. The van der Waals surface area contributed by atoms with Gasteiger partial charge in [-0.2, -0.15) is 0 Å². The number of hydrogen-bond donors (Lipinski definition) is 2. The number of hydrogen-bond acceptors (Lipinski definition) is 3. The fraction of sp³-hybridized carbons (Fsp3) is 0.130. The number of carbonyl (C=O) groups excluding carboxylic acids is 2. The van der Waals surface area contributed by atoms with E-state index < -0.39 is 12.0 Å². The molecular weight excluding hydrogens is 352 g/mol. The van der Waals surface area contributed by atoms with Crippen LogP contribution in [0.25, 0.3) is 0 Å². The average Bonchev–Trinajstić information content (AvgIpc) is 2.75. The van der Waals surface area contributed by atoms with Crippen LogP contribution in [0.3, 0.4) is 0 Å². The van der Waals surface area contributed by atoms with Gasteiger partial charge < -0.3 is 15.3 Å². The smallest absolute Gasteiger partial charge is 0.258 e. The predicted molar refractivity (Wildman–Crippen MR) is 110 cm³/mol. The molecule has 3 aromatic rings. The van der Waals surface area contributed by atoms with Crippen LogP contribution < -0.4 is 10.2 Å². The zero-order valence-corrected chi connectivity index (χ0v) is 15.6. The van der Waals surface area contributed by atoms with Crippen molar-refractivity contribution in [2.45, 2.75) is 13.0 Å². The molecular formula is C23H22N2O3. The molecule has 28 heavy (non-hydrogen) atoms. The molecule has 0 bridgehead atoms. The molecule has 0 aliphatic carbocycles. The van der Waals surface area contributed by atoms with E-state index in [0.717, 1.165) is 5.69 Å². The minimum absolute atomic E-state index is 0.159. The van der Waals surface area contributed by atoms with Crippen LogP contribution >= 0.6 is 0 Å². The fourth-order valence-corrected chi connectivity index (χ4v) is 2.93. The average molecular weight is 374 g/mol. The molecule has 0 unspecified atom stereocenters. The number of nitrogens with one attached hydrogen (secondary N) is 1. The molecule has 0 aromatic heterocycles. The number of aliphatic hydroxyl groups is 1. The van der Waals surface area contributed by atoms with Crippen molar-refractivity contribution in [2.24, 2.45) is 0 Å². The summed E-state index contributed by atoms with van der Waals surface area (Å²) in [5.41, 5.74) is 2.23. The maximum absolute atomic E-state index is 12.9. The van der Waals surface area contributed by atoms with Gasteiger partial charge in [0.15, 0.2) is 6.10 Å². The molecule has 2 N–H and O–H groups in total. The van der Waals surface area contributed by atoms with Crippen LogP contribution in [0.4, 0.5) is 11.4 Å². The van der Waals surface area contributed by atoms with E-state index in [4.69, 9.17) is 0 Å². The minimum atomic E-state index is -1.28. The highest BCUT2D eigenvalue weighted by Gasteiger charge is 2.19. The number of rotatable bonds is 6. The molecule has 5 heteroatoms. The Balaban J connectivity index is 1.76. The summed E-state index contributed by atoms with van der Waals surface area (Å²) in [7, 11) is 0. The van der Waals surface area contributed by atoms with Crippen LogP contribution in [-0.4, -0.2) is 23.5 Å². The Bertz CT molecular complexity index is 942. The highest BCUT2D eigenvalue weighted by Crippen LogP contribution is 2.20. The van der Waals surface area contributed by atoms with Gasteiger partial charge in [-0.1, -0.05) is 54.6 Å². The molecule has 0 aliphatic heterocycles. The van der Waals surface area contributed by atoms with Crippen molar-refractivity contribution in [2.75, 3.05) is 16.8 Å². The second-order valence-electron chi connectivity index (χ2n) is 6.27. The van der Waals surface area contributed by atoms with Crippen LogP contribution in [-0.2, 0) is 4.79 Å². The second-order valence-corrected chi connectivity index (χ2v) is 6.27. The molecule has 5 nitrogen and oxygen atoms in total. The molecule has 0 saturated heterocycles. The van der Waals surface area contributed by atoms with Gasteiger partial charge in [0.25, 0.3) is 11.8 Å². The highest BCUT2D eigenvalue weighted by molar-refractivity contribution is 6.07. The van der Waals surface area contributed by atoms with Gasteiger partial charge in [0.2, 0.25) is 0 Å². The highest BCUT2D eigenvalue weighted by atomic mass is 16.3. The Morgan fingerprint density at radius 3 is 2.21 bits per heavy atom. The third kappa shape index (κ3) is 4.45. The number of carbonyl (C=O) groups is 2. The van der Waals surface area contributed by atoms with Gasteiger partial charge in [-0.15, -0.1) is 0 Å². The topological polar surface area (TPSA) is 69.6 Å². The summed E-state index contributed by atoms with van der Waals surface area (Å²) in [4.78, 5) is 26.9. The monoisotopic (exact) mass is 374 g/mol. The first-order chi connectivity index (χ1) is 13.6. The van der Waals surface area contributed by atoms with Gasteiger partial charge in [-0.05, 0) is 42.8 Å². The first-order valence-electron chi connectivity index (χ1n) is 9.11. The molecule has 0 aliphatic rings.